The van der Waals surface area contributed by atoms with E-state index in [0.717, 1.165) is 5.56 Å². The van der Waals surface area contributed by atoms with Gasteiger partial charge in [0.25, 0.3) is 0 Å². The Hall–Kier alpha value is -1.55. The van der Waals surface area contributed by atoms with Crippen LogP contribution in [0.5, 0.6) is 0 Å². The molecule has 4 heteroatoms. The minimum absolute atomic E-state index is 0.318. The van der Waals surface area contributed by atoms with Crippen LogP contribution in [0.3, 0.4) is 0 Å². The molecule has 1 aromatic carbocycles. The fourth-order valence-corrected chi connectivity index (χ4v) is 2.15. The lowest BCUT2D eigenvalue weighted by Gasteiger charge is -2.30. The van der Waals surface area contributed by atoms with Crippen molar-refractivity contribution in [1.82, 2.24) is 5.32 Å². The molecular weight excluding hydrogens is 276 g/mol. The summed E-state index contributed by atoms with van der Waals surface area (Å²) < 4.78 is 5.28. The van der Waals surface area contributed by atoms with Gasteiger partial charge in [0, 0.05) is 18.5 Å². The Morgan fingerprint density at radius 2 is 1.91 bits per heavy atom. The summed E-state index contributed by atoms with van der Waals surface area (Å²) in [5.41, 5.74) is 7.58. The van der Waals surface area contributed by atoms with Gasteiger partial charge in [0.1, 0.15) is 5.60 Å². The first-order valence-electron chi connectivity index (χ1n) is 7.85. The average molecular weight is 306 g/mol. The van der Waals surface area contributed by atoms with Crippen molar-refractivity contribution in [3.05, 3.63) is 35.4 Å². The molecule has 0 saturated carbocycles. The Kier molecular flexibility index (Phi) is 6.00. The molecule has 1 atom stereocenters. The first-order valence-corrected chi connectivity index (χ1v) is 7.85. The summed E-state index contributed by atoms with van der Waals surface area (Å²) in [6.07, 6.45) is -0.410. The van der Waals surface area contributed by atoms with E-state index in [4.69, 9.17) is 10.5 Å². The van der Waals surface area contributed by atoms with Crippen LogP contribution in [0.4, 0.5) is 4.79 Å². The first kappa shape index (κ1) is 18.5. The number of amides is 1. The monoisotopic (exact) mass is 306 g/mol. The highest BCUT2D eigenvalue weighted by molar-refractivity contribution is 5.67. The molecule has 1 amide bonds. The number of ether oxygens (including phenoxy) is 1. The minimum atomic E-state index is -0.499. The van der Waals surface area contributed by atoms with Gasteiger partial charge in [-0.05, 0) is 37.8 Å². The molecule has 3 N–H and O–H groups in total. The predicted octanol–water partition coefficient (Wildman–Crippen LogP) is 3.55. The second-order valence-electron chi connectivity index (χ2n) is 7.40. The zero-order valence-corrected chi connectivity index (χ0v) is 14.7. The van der Waals surface area contributed by atoms with Crippen LogP contribution in [0.2, 0.25) is 0 Å². The Bertz CT molecular complexity index is 506. The summed E-state index contributed by atoms with van der Waals surface area (Å²) in [4.78, 5) is 11.9. The average Bonchev–Trinajstić information content (AvgIpc) is 2.43. The van der Waals surface area contributed by atoms with Gasteiger partial charge in [-0.3, -0.25) is 0 Å². The van der Waals surface area contributed by atoms with Gasteiger partial charge >= 0.3 is 6.09 Å². The minimum Gasteiger partial charge on any atom is -0.444 e. The van der Waals surface area contributed by atoms with Crippen molar-refractivity contribution in [2.45, 2.75) is 58.5 Å². The van der Waals surface area contributed by atoms with E-state index >= 15 is 0 Å². The number of rotatable bonds is 5. The van der Waals surface area contributed by atoms with Crippen molar-refractivity contribution in [1.29, 1.82) is 0 Å². The Labute approximate surface area is 134 Å². The molecule has 0 spiro atoms. The maximum Gasteiger partial charge on any atom is 0.407 e. The number of nitrogens with one attached hydrogen (secondary N) is 1. The highest BCUT2D eigenvalue weighted by Crippen LogP contribution is 2.25. The Morgan fingerprint density at radius 3 is 2.41 bits per heavy atom. The molecule has 1 unspecified atom stereocenters. The molecule has 1 aromatic rings. The quantitative estimate of drug-likeness (QED) is 0.874. The molecule has 0 fully saturated rings. The summed E-state index contributed by atoms with van der Waals surface area (Å²) in [6, 6.07) is 8.41. The lowest BCUT2D eigenvalue weighted by atomic mass is 9.81. The van der Waals surface area contributed by atoms with Gasteiger partial charge in [0.05, 0.1) is 0 Å². The molecule has 0 aromatic heterocycles. The van der Waals surface area contributed by atoms with Gasteiger partial charge in [-0.25, -0.2) is 4.79 Å². The zero-order valence-electron chi connectivity index (χ0n) is 14.7. The van der Waals surface area contributed by atoms with Crippen molar-refractivity contribution >= 4 is 6.09 Å². The molecule has 0 aliphatic rings. The van der Waals surface area contributed by atoms with Gasteiger partial charge in [-0.15, -0.1) is 0 Å². The lowest BCUT2D eigenvalue weighted by molar-refractivity contribution is 0.0516. The van der Waals surface area contributed by atoms with Crippen LogP contribution in [-0.2, 0) is 10.2 Å². The van der Waals surface area contributed by atoms with Crippen molar-refractivity contribution in [3.8, 4) is 0 Å². The zero-order chi connectivity index (χ0) is 17.0. The molecule has 0 radical (unpaired) electrons. The maximum absolute atomic E-state index is 11.9. The van der Waals surface area contributed by atoms with Gasteiger partial charge in [0.2, 0.25) is 0 Å². The van der Waals surface area contributed by atoms with Crippen LogP contribution in [0.1, 0.15) is 58.6 Å². The molecule has 22 heavy (non-hydrogen) atoms. The van der Waals surface area contributed by atoms with Crippen molar-refractivity contribution < 1.29 is 9.53 Å². The molecule has 0 heterocycles. The van der Waals surface area contributed by atoms with E-state index < -0.39 is 11.7 Å². The van der Waals surface area contributed by atoms with E-state index in [-0.39, 0.29) is 5.41 Å². The number of carbonyl (C=O) groups is 1. The van der Waals surface area contributed by atoms with Crippen molar-refractivity contribution in [2.24, 2.45) is 5.73 Å². The van der Waals surface area contributed by atoms with Crippen LogP contribution < -0.4 is 11.1 Å². The highest BCUT2D eigenvalue weighted by atomic mass is 16.6. The topological polar surface area (TPSA) is 64.3 Å². The van der Waals surface area contributed by atoms with E-state index in [1.807, 2.05) is 26.8 Å². The van der Waals surface area contributed by atoms with Crippen molar-refractivity contribution in [3.63, 3.8) is 0 Å². The van der Waals surface area contributed by atoms with E-state index in [0.29, 0.717) is 19.0 Å². The van der Waals surface area contributed by atoms with Gasteiger partial charge in [-0.2, -0.15) is 0 Å². The number of benzene rings is 1. The predicted molar refractivity (Wildman–Crippen MR) is 91.2 cm³/mol. The van der Waals surface area contributed by atoms with E-state index in [1.165, 1.54) is 5.56 Å². The third-order valence-electron chi connectivity index (χ3n) is 3.72. The van der Waals surface area contributed by atoms with Gasteiger partial charge in [0.15, 0.2) is 0 Å². The van der Waals surface area contributed by atoms with Crippen LogP contribution in [0, 0.1) is 0 Å². The summed E-state index contributed by atoms with van der Waals surface area (Å²) >= 11 is 0. The van der Waals surface area contributed by atoms with Crippen LogP contribution in [-0.4, -0.2) is 24.8 Å². The number of hydrogen-bond acceptors (Lipinski definition) is 3. The maximum atomic E-state index is 11.9. The van der Waals surface area contributed by atoms with Crippen LogP contribution in [0.15, 0.2) is 24.3 Å². The number of nitrogens with two attached hydrogens (primary N) is 1. The Morgan fingerprint density at radius 1 is 1.27 bits per heavy atom. The first-order chi connectivity index (χ1) is 10.1. The van der Waals surface area contributed by atoms with E-state index in [1.54, 1.807) is 0 Å². The molecular formula is C18H30N2O2. The van der Waals surface area contributed by atoms with E-state index in [2.05, 4.69) is 44.3 Å². The molecule has 0 aliphatic heterocycles. The molecule has 0 saturated heterocycles. The van der Waals surface area contributed by atoms with Gasteiger partial charge in [-0.1, -0.05) is 45.0 Å². The number of carbonyl (C=O) groups excluding carboxylic acids is 1. The van der Waals surface area contributed by atoms with E-state index in [9.17, 15) is 4.79 Å². The molecule has 0 bridgehead atoms. The van der Waals surface area contributed by atoms with Crippen LogP contribution >= 0.6 is 0 Å². The third-order valence-corrected chi connectivity index (χ3v) is 3.72. The highest BCUT2D eigenvalue weighted by Gasteiger charge is 2.27. The summed E-state index contributed by atoms with van der Waals surface area (Å²) in [7, 11) is 0. The molecule has 0 aliphatic carbocycles. The molecule has 4 nitrogen and oxygen atoms in total. The SMILES string of the molecule is CC(C)c1cccc(C(C)(CN)CNC(=O)OC(C)(C)C)c1. The largest absolute Gasteiger partial charge is 0.444 e. The van der Waals surface area contributed by atoms with Crippen molar-refractivity contribution in [2.75, 3.05) is 13.1 Å². The van der Waals surface area contributed by atoms with Gasteiger partial charge < -0.3 is 15.8 Å². The fourth-order valence-electron chi connectivity index (χ4n) is 2.15. The summed E-state index contributed by atoms with van der Waals surface area (Å²) in [6.45, 7) is 12.8. The third kappa shape index (κ3) is 5.34. The second-order valence-corrected chi connectivity index (χ2v) is 7.40. The smallest absolute Gasteiger partial charge is 0.407 e. The standard InChI is InChI=1S/C18H30N2O2/c1-13(2)14-8-7-9-15(10-14)18(6,11-19)12-20-16(21)22-17(3,4)5/h7-10,13H,11-12,19H2,1-6H3,(H,20,21). The normalized spacial score (nSPS) is 14.5. The second kappa shape index (κ2) is 7.14. The summed E-state index contributed by atoms with van der Waals surface area (Å²) in [5, 5.41) is 2.84. The fraction of sp³-hybridized carbons (Fsp3) is 0.611. The number of hydrogen-bond donors (Lipinski definition) is 2. The van der Waals surface area contributed by atoms with Crippen LogP contribution in [0.25, 0.3) is 0 Å². The molecule has 1 rings (SSSR count). The summed E-state index contributed by atoms with van der Waals surface area (Å²) in [5.74, 6) is 0.459. The number of alkyl carbamates (subject to hydrolysis) is 1. The molecule has 124 valence electrons. The Balaban J connectivity index is 2.84. The lowest BCUT2D eigenvalue weighted by Crippen LogP contribution is -2.45.